The number of nitrogens with two attached hydrogens (primary N) is 1. The molecule has 0 saturated carbocycles. The van der Waals surface area contributed by atoms with Crippen molar-refractivity contribution in [3.05, 3.63) is 24.0 Å². The SMILES string of the molecule is CN(CCCCCO)C(=O)Cc1ccc(N)cn1. The van der Waals surface area contributed by atoms with E-state index in [1.165, 1.54) is 0 Å². The fraction of sp³-hybridized carbons (Fsp3) is 0.538. The number of hydrogen-bond donors (Lipinski definition) is 2. The van der Waals surface area contributed by atoms with Gasteiger partial charge in [0.25, 0.3) is 0 Å². The van der Waals surface area contributed by atoms with Crippen LogP contribution in [0, 0.1) is 0 Å². The molecule has 0 saturated heterocycles. The van der Waals surface area contributed by atoms with Gasteiger partial charge in [-0.3, -0.25) is 9.78 Å². The number of carbonyl (C=O) groups excluding carboxylic acids is 1. The van der Waals surface area contributed by atoms with Gasteiger partial charge in [0.1, 0.15) is 0 Å². The highest BCUT2D eigenvalue weighted by atomic mass is 16.2. The van der Waals surface area contributed by atoms with Crippen LogP contribution in [0.2, 0.25) is 0 Å². The maximum Gasteiger partial charge on any atom is 0.228 e. The second kappa shape index (κ2) is 7.66. The summed E-state index contributed by atoms with van der Waals surface area (Å²) in [6, 6.07) is 3.52. The van der Waals surface area contributed by atoms with E-state index < -0.39 is 0 Å². The molecule has 5 nitrogen and oxygen atoms in total. The van der Waals surface area contributed by atoms with E-state index in [0.29, 0.717) is 18.7 Å². The van der Waals surface area contributed by atoms with Crippen LogP contribution in [-0.2, 0) is 11.2 Å². The molecule has 0 bridgehead atoms. The Bertz CT molecular complexity index is 365. The summed E-state index contributed by atoms with van der Waals surface area (Å²) in [4.78, 5) is 17.7. The van der Waals surface area contributed by atoms with Gasteiger partial charge in [-0.2, -0.15) is 0 Å². The van der Waals surface area contributed by atoms with Gasteiger partial charge in [-0.05, 0) is 31.4 Å². The van der Waals surface area contributed by atoms with E-state index in [-0.39, 0.29) is 12.5 Å². The molecule has 1 amide bonds. The smallest absolute Gasteiger partial charge is 0.228 e. The van der Waals surface area contributed by atoms with Crippen molar-refractivity contribution < 1.29 is 9.90 Å². The molecule has 0 aliphatic heterocycles. The van der Waals surface area contributed by atoms with Crippen LogP contribution in [0.5, 0.6) is 0 Å². The lowest BCUT2D eigenvalue weighted by Crippen LogP contribution is -2.29. The van der Waals surface area contributed by atoms with Crippen LogP contribution in [0.25, 0.3) is 0 Å². The molecule has 0 aromatic carbocycles. The Balaban J connectivity index is 2.33. The van der Waals surface area contributed by atoms with Gasteiger partial charge in [0, 0.05) is 25.9 Å². The summed E-state index contributed by atoms with van der Waals surface area (Å²) in [5.41, 5.74) is 6.87. The van der Waals surface area contributed by atoms with Crippen LogP contribution in [0.3, 0.4) is 0 Å². The molecule has 1 aromatic rings. The Hall–Kier alpha value is -1.62. The number of pyridine rings is 1. The number of carbonyl (C=O) groups is 1. The molecule has 0 atom stereocenters. The minimum atomic E-state index is 0.0521. The van der Waals surface area contributed by atoms with Crippen molar-refractivity contribution in [3.8, 4) is 0 Å². The molecular weight excluding hydrogens is 230 g/mol. The Morgan fingerprint density at radius 2 is 2.17 bits per heavy atom. The standard InChI is InChI=1S/C13H21N3O2/c1-16(7-3-2-4-8-17)13(18)9-12-6-5-11(14)10-15-12/h5-6,10,17H,2-4,7-9,14H2,1H3. The molecule has 1 aromatic heterocycles. The summed E-state index contributed by atoms with van der Waals surface area (Å²) >= 11 is 0. The van der Waals surface area contributed by atoms with Gasteiger partial charge < -0.3 is 15.7 Å². The summed E-state index contributed by atoms with van der Waals surface area (Å²) in [5.74, 6) is 0.0521. The summed E-state index contributed by atoms with van der Waals surface area (Å²) in [5, 5.41) is 8.66. The first-order valence-electron chi connectivity index (χ1n) is 6.18. The first kappa shape index (κ1) is 14.4. The van der Waals surface area contributed by atoms with Crippen LogP contribution in [0.15, 0.2) is 18.3 Å². The van der Waals surface area contributed by atoms with Gasteiger partial charge in [-0.15, -0.1) is 0 Å². The zero-order valence-electron chi connectivity index (χ0n) is 10.8. The highest BCUT2D eigenvalue weighted by Crippen LogP contribution is 2.04. The van der Waals surface area contributed by atoms with Gasteiger partial charge in [0.05, 0.1) is 18.3 Å². The normalized spacial score (nSPS) is 10.3. The Labute approximate surface area is 108 Å². The third kappa shape index (κ3) is 5.14. The number of anilines is 1. The number of rotatable bonds is 7. The third-order valence-electron chi connectivity index (χ3n) is 2.76. The van der Waals surface area contributed by atoms with Gasteiger partial charge in [0.15, 0.2) is 0 Å². The lowest BCUT2D eigenvalue weighted by molar-refractivity contribution is -0.129. The van der Waals surface area contributed by atoms with E-state index in [9.17, 15) is 4.79 Å². The first-order chi connectivity index (χ1) is 8.63. The lowest BCUT2D eigenvalue weighted by Gasteiger charge is -2.16. The number of amides is 1. The van der Waals surface area contributed by atoms with Gasteiger partial charge in [0.2, 0.25) is 5.91 Å². The topological polar surface area (TPSA) is 79.5 Å². The van der Waals surface area contributed by atoms with Crippen molar-refractivity contribution in [2.45, 2.75) is 25.7 Å². The average molecular weight is 251 g/mol. The Morgan fingerprint density at radius 3 is 2.78 bits per heavy atom. The molecule has 1 rings (SSSR count). The number of nitrogen functional groups attached to an aromatic ring is 1. The molecule has 1 heterocycles. The highest BCUT2D eigenvalue weighted by Gasteiger charge is 2.09. The quantitative estimate of drug-likeness (QED) is 0.703. The number of unbranched alkanes of at least 4 members (excludes halogenated alkanes) is 2. The maximum absolute atomic E-state index is 11.9. The number of aromatic nitrogens is 1. The molecule has 3 N–H and O–H groups in total. The largest absolute Gasteiger partial charge is 0.397 e. The van der Waals surface area contributed by atoms with Crippen molar-refractivity contribution in [3.63, 3.8) is 0 Å². The van der Waals surface area contributed by atoms with Crippen LogP contribution in [0.4, 0.5) is 5.69 Å². The molecule has 18 heavy (non-hydrogen) atoms. The lowest BCUT2D eigenvalue weighted by atomic mass is 10.2. The van der Waals surface area contributed by atoms with Crippen molar-refractivity contribution in [2.24, 2.45) is 0 Å². The third-order valence-corrected chi connectivity index (χ3v) is 2.76. The summed E-state index contributed by atoms with van der Waals surface area (Å²) < 4.78 is 0. The predicted octanol–water partition coefficient (Wildman–Crippen LogP) is 0.827. The molecule has 100 valence electrons. The number of nitrogens with zero attached hydrogens (tertiary/aromatic N) is 2. The van der Waals surface area contributed by atoms with E-state index in [1.807, 2.05) is 0 Å². The average Bonchev–Trinajstić information content (AvgIpc) is 2.37. The fourth-order valence-corrected chi connectivity index (χ4v) is 1.59. The van der Waals surface area contributed by atoms with E-state index in [4.69, 9.17) is 10.8 Å². The number of aliphatic hydroxyl groups is 1. The molecular formula is C13H21N3O2. The second-order valence-electron chi connectivity index (χ2n) is 4.36. The molecule has 0 spiro atoms. The molecule has 0 fully saturated rings. The maximum atomic E-state index is 11.9. The molecule has 0 aliphatic rings. The van der Waals surface area contributed by atoms with Crippen LogP contribution < -0.4 is 5.73 Å². The predicted molar refractivity (Wildman–Crippen MR) is 70.9 cm³/mol. The number of hydrogen-bond acceptors (Lipinski definition) is 4. The van der Waals surface area contributed by atoms with E-state index in [2.05, 4.69) is 4.98 Å². The summed E-state index contributed by atoms with van der Waals surface area (Å²) in [6.07, 6.45) is 4.51. The van der Waals surface area contributed by atoms with Crippen LogP contribution in [-0.4, -0.2) is 41.1 Å². The van der Waals surface area contributed by atoms with E-state index in [1.54, 1.807) is 30.3 Å². The van der Waals surface area contributed by atoms with Crippen molar-refractivity contribution in [2.75, 3.05) is 25.9 Å². The molecule has 0 unspecified atom stereocenters. The minimum absolute atomic E-state index is 0.0521. The van der Waals surface area contributed by atoms with Gasteiger partial charge >= 0.3 is 0 Å². The number of aliphatic hydroxyl groups excluding tert-OH is 1. The zero-order valence-corrected chi connectivity index (χ0v) is 10.8. The minimum Gasteiger partial charge on any atom is -0.397 e. The zero-order chi connectivity index (χ0) is 13.4. The highest BCUT2D eigenvalue weighted by molar-refractivity contribution is 5.78. The molecule has 0 aliphatic carbocycles. The monoisotopic (exact) mass is 251 g/mol. The van der Waals surface area contributed by atoms with Gasteiger partial charge in [-0.1, -0.05) is 0 Å². The van der Waals surface area contributed by atoms with E-state index >= 15 is 0 Å². The van der Waals surface area contributed by atoms with Crippen molar-refractivity contribution >= 4 is 11.6 Å². The van der Waals surface area contributed by atoms with Crippen molar-refractivity contribution in [1.82, 2.24) is 9.88 Å². The van der Waals surface area contributed by atoms with Crippen LogP contribution in [0.1, 0.15) is 25.0 Å². The fourth-order valence-electron chi connectivity index (χ4n) is 1.59. The number of likely N-dealkylation sites (N-methyl/N-ethyl adjacent to an activating group) is 1. The summed E-state index contributed by atoms with van der Waals surface area (Å²) in [7, 11) is 1.79. The van der Waals surface area contributed by atoms with Crippen LogP contribution >= 0.6 is 0 Å². The van der Waals surface area contributed by atoms with Gasteiger partial charge in [-0.25, -0.2) is 0 Å². The van der Waals surface area contributed by atoms with Crippen molar-refractivity contribution in [1.29, 1.82) is 0 Å². The molecule has 0 radical (unpaired) electrons. The first-order valence-corrected chi connectivity index (χ1v) is 6.18. The Morgan fingerprint density at radius 1 is 1.39 bits per heavy atom. The molecule has 5 heteroatoms. The second-order valence-corrected chi connectivity index (χ2v) is 4.36. The van der Waals surface area contributed by atoms with E-state index in [0.717, 1.165) is 25.0 Å². The summed E-state index contributed by atoms with van der Waals surface area (Å²) in [6.45, 7) is 0.931. The Kier molecular flexibility index (Phi) is 6.14.